The van der Waals surface area contributed by atoms with Gasteiger partial charge in [-0.05, 0) is 25.0 Å². The van der Waals surface area contributed by atoms with Crippen LogP contribution in [0.25, 0.3) is 0 Å². The molecule has 1 aliphatic carbocycles. The van der Waals surface area contributed by atoms with Crippen molar-refractivity contribution in [3.63, 3.8) is 0 Å². The first-order valence-electron chi connectivity index (χ1n) is 6.11. The summed E-state index contributed by atoms with van der Waals surface area (Å²) < 4.78 is 40.0. The van der Waals surface area contributed by atoms with E-state index in [0.29, 0.717) is 5.69 Å². The molecule has 0 aliphatic heterocycles. The minimum absolute atomic E-state index is 0.0350. The third kappa shape index (κ3) is 4.15. The van der Waals surface area contributed by atoms with Crippen LogP contribution in [-0.2, 0) is 4.79 Å². The van der Waals surface area contributed by atoms with E-state index < -0.39 is 6.36 Å². The molecule has 1 N–H and O–H groups in total. The monoisotopic (exact) mass is 273 g/mol. The Bertz CT molecular complexity index is 453. The average Bonchev–Trinajstić information content (AvgIpc) is 2.80. The molecule has 0 bridgehead atoms. The highest BCUT2D eigenvalue weighted by molar-refractivity contribution is 5.92. The van der Waals surface area contributed by atoms with Gasteiger partial charge in [-0.25, -0.2) is 0 Å². The Morgan fingerprint density at radius 2 is 1.95 bits per heavy atom. The standard InChI is InChI=1S/C13H14F3NO2/c14-13(15,16)19-11-7-3-6-10(8-11)17-12(18)9-4-1-2-5-9/h3,6-9H,1-2,4-5H2,(H,17,18). The van der Waals surface area contributed by atoms with Gasteiger partial charge in [0.1, 0.15) is 5.75 Å². The van der Waals surface area contributed by atoms with E-state index >= 15 is 0 Å². The Morgan fingerprint density at radius 1 is 1.26 bits per heavy atom. The van der Waals surface area contributed by atoms with Crippen molar-refractivity contribution in [2.45, 2.75) is 32.0 Å². The van der Waals surface area contributed by atoms with E-state index in [1.165, 1.54) is 24.3 Å². The zero-order chi connectivity index (χ0) is 13.9. The van der Waals surface area contributed by atoms with Gasteiger partial charge in [0.2, 0.25) is 5.91 Å². The summed E-state index contributed by atoms with van der Waals surface area (Å²) >= 11 is 0. The summed E-state index contributed by atoms with van der Waals surface area (Å²) in [4.78, 5) is 11.8. The minimum Gasteiger partial charge on any atom is -0.406 e. The first-order valence-corrected chi connectivity index (χ1v) is 6.11. The van der Waals surface area contributed by atoms with Gasteiger partial charge in [-0.3, -0.25) is 4.79 Å². The van der Waals surface area contributed by atoms with Crippen molar-refractivity contribution in [1.82, 2.24) is 0 Å². The second-order valence-electron chi connectivity index (χ2n) is 4.55. The Morgan fingerprint density at radius 3 is 2.58 bits per heavy atom. The highest BCUT2D eigenvalue weighted by atomic mass is 19.4. The predicted molar refractivity (Wildman–Crippen MR) is 63.7 cm³/mol. The van der Waals surface area contributed by atoms with Gasteiger partial charge in [0, 0.05) is 17.7 Å². The van der Waals surface area contributed by atoms with Gasteiger partial charge in [-0.2, -0.15) is 0 Å². The van der Waals surface area contributed by atoms with Crippen molar-refractivity contribution >= 4 is 11.6 Å². The summed E-state index contributed by atoms with van der Waals surface area (Å²) in [6.45, 7) is 0. The average molecular weight is 273 g/mol. The largest absolute Gasteiger partial charge is 0.573 e. The zero-order valence-electron chi connectivity index (χ0n) is 10.2. The molecule has 6 heteroatoms. The Labute approximate surface area is 108 Å². The molecule has 0 heterocycles. The van der Waals surface area contributed by atoms with Crippen molar-refractivity contribution < 1.29 is 22.7 Å². The minimum atomic E-state index is -4.73. The maximum absolute atomic E-state index is 12.1. The highest BCUT2D eigenvalue weighted by Gasteiger charge is 2.31. The molecule has 1 amide bonds. The number of ether oxygens (including phenoxy) is 1. The quantitative estimate of drug-likeness (QED) is 0.911. The predicted octanol–water partition coefficient (Wildman–Crippen LogP) is 3.71. The van der Waals surface area contributed by atoms with E-state index in [2.05, 4.69) is 10.1 Å². The maximum Gasteiger partial charge on any atom is 0.573 e. The molecule has 0 aromatic heterocycles. The van der Waals surface area contributed by atoms with E-state index in [0.717, 1.165) is 25.7 Å². The zero-order valence-corrected chi connectivity index (χ0v) is 10.2. The van der Waals surface area contributed by atoms with Crippen LogP contribution >= 0.6 is 0 Å². The van der Waals surface area contributed by atoms with Crippen LogP contribution in [0, 0.1) is 5.92 Å². The molecule has 1 aliphatic rings. The fourth-order valence-corrected chi connectivity index (χ4v) is 2.20. The van der Waals surface area contributed by atoms with Crippen LogP contribution < -0.4 is 10.1 Å². The van der Waals surface area contributed by atoms with Crippen LogP contribution in [-0.4, -0.2) is 12.3 Å². The smallest absolute Gasteiger partial charge is 0.406 e. The fraction of sp³-hybridized carbons (Fsp3) is 0.462. The Balaban J connectivity index is 2.00. The van der Waals surface area contributed by atoms with Gasteiger partial charge in [0.05, 0.1) is 0 Å². The number of nitrogens with one attached hydrogen (secondary N) is 1. The second-order valence-corrected chi connectivity index (χ2v) is 4.55. The number of rotatable bonds is 3. The molecule has 0 spiro atoms. The lowest BCUT2D eigenvalue weighted by molar-refractivity contribution is -0.274. The number of anilines is 1. The molecule has 0 unspecified atom stereocenters. The lowest BCUT2D eigenvalue weighted by Gasteiger charge is -2.12. The molecule has 2 rings (SSSR count). The normalized spacial score (nSPS) is 16.4. The van der Waals surface area contributed by atoms with Gasteiger partial charge >= 0.3 is 6.36 Å². The molecule has 0 radical (unpaired) electrons. The summed E-state index contributed by atoms with van der Waals surface area (Å²) in [7, 11) is 0. The van der Waals surface area contributed by atoms with E-state index in [1.807, 2.05) is 0 Å². The Hall–Kier alpha value is -1.72. The summed E-state index contributed by atoms with van der Waals surface area (Å²) in [6.07, 6.45) is -1.01. The molecular formula is C13H14F3NO2. The number of alkyl halides is 3. The summed E-state index contributed by atoms with van der Waals surface area (Å²) in [5.74, 6) is -0.509. The fourth-order valence-electron chi connectivity index (χ4n) is 2.20. The number of carbonyl (C=O) groups is 1. The van der Waals surface area contributed by atoms with Gasteiger partial charge in [-0.1, -0.05) is 18.9 Å². The molecule has 0 saturated heterocycles. The van der Waals surface area contributed by atoms with Gasteiger partial charge in [0.25, 0.3) is 0 Å². The number of halogens is 3. The van der Waals surface area contributed by atoms with E-state index in [1.54, 1.807) is 0 Å². The van der Waals surface area contributed by atoms with Crippen molar-refractivity contribution in [2.75, 3.05) is 5.32 Å². The summed E-state index contributed by atoms with van der Waals surface area (Å²) in [6, 6.07) is 5.31. The maximum atomic E-state index is 12.1. The SMILES string of the molecule is O=C(Nc1cccc(OC(F)(F)F)c1)C1CCCC1. The Kier molecular flexibility index (Phi) is 3.97. The van der Waals surface area contributed by atoms with Crippen LogP contribution in [0.4, 0.5) is 18.9 Å². The number of carbonyl (C=O) groups excluding carboxylic acids is 1. The number of hydrogen-bond acceptors (Lipinski definition) is 2. The summed E-state index contributed by atoms with van der Waals surface area (Å²) in [5.41, 5.74) is 0.318. The van der Waals surface area contributed by atoms with Crippen molar-refractivity contribution in [1.29, 1.82) is 0 Å². The van der Waals surface area contributed by atoms with Crippen LogP contribution in [0.3, 0.4) is 0 Å². The molecule has 1 fully saturated rings. The molecule has 0 atom stereocenters. The van der Waals surface area contributed by atoms with Gasteiger partial charge in [-0.15, -0.1) is 13.2 Å². The summed E-state index contributed by atoms with van der Waals surface area (Å²) in [5, 5.41) is 2.62. The van der Waals surface area contributed by atoms with Crippen molar-refractivity contribution in [3.05, 3.63) is 24.3 Å². The van der Waals surface area contributed by atoms with Crippen LogP contribution in [0.5, 0.6) is 5.75 Å². The van der Waals surface area contributed by atoms with E-state index in [9.17, 15) is 18.0 Å². The molecule has 1 saturated carbocycles. The third-order valence-electron chi connectivity index (χ3n) is 3.06. The molecule has 3 nitrogen and oxygen atoms in total. The van der Waals surface area contributed by atoms with Crippen LogP contribution in [0.15, 0.2) is 24.3 Å². The number of hydrogen-bond donors (Lipinski definition) is 1. The third-order valence-corrected chi connectivity index (χ3v) is 3.06. The van der Waals surface area contributed by atoms with Gasteiger partial charge in [0.15, 0.2) is 0 Å². The van der Waals surface area contributed by atoms with Crippen molar-refractivity contribution in [3.8, 4) is 5.75 Å². The van der Waals surface area contributed by atoms with Gasteiger partial charge < -0.3 is 10.1 Å². The molecule has 1 aromatic rings. The lowest BCUT2D eigenvalue weighted by atomic mass is 10.1. The number of benzene rings is 1. The second kappa shape index (κ2) is 5.50. The van der Waals surface area contributed by atoms with E-state index in [4.69, 9.17) is 0 Å². The number of amides is 1. The van der Waals surface area contributed by atoms with E-state index in [-0.39, 0.29) is 17.6 Å². The molecule has 104 valence electrons. The molecular weight excluding hydrogens is 259 g/mol. The molecule has 19 heavy (non-hydrogen) atoms. The lowest BCUT2D eigenvalue weighted by Crippen LogP contribution is -2.20. The first-order chi connectivity index (χ1) is 8.94. The van der Waals surface area contributed by atoms with Crippen LogP contribution in [0.2, 0.25) is 0 Å². The highest BCUT2D eigenvalue weighted by Crippen LogP contribution is 2.28. The first kappa shape index (κ1) is 13.7. The topological polar surface area (TPSA) is 38.3 Å². The van der Waals surface area contributed by atoms with Crippen LogP contribution in [0.1, 0.15) is 25.7 Å². The molecule has 1 aromatic carbocycles. The van der Waals surface area contributed by atoms with Crippen molar-refractivity contribution in [2.24, 2.45) is 5.92 Å².